The summed E-state index contributed by atoms with van der Waals surface area (Å²) in [7, 11) is 0. The fourth-order valence-electron chi connectivity index (χ4n) is 2.88. The van der Waals surface area contributed by atoms with Crippen LogP contribution in [-0.2, 0) is 12.8 Å². The first-order valence-electron chi connectivity index (χ1n) is 8.30. The monoisotopic (exact) mass is 298 g/mol. The number of unbranched alkanes of at least 4 members (excludes halogenated alkanes) is 2. The van der Waals surface area contributed by atoms with Crippen LogP contribution in [0.1, 0.15) is 50.7 Å². The van der Waals surface area contributed by atoms with Crippen LogP contribution in [-0.4, -0.2) is 10.2 Å². The van der Waals surface area contributed by atoms with Crippen LogP contribution < -0.4 is 0 Å². The Morgan fingerprint density at radius 1 is 0.818 bits per heavy atom. The first kappa shape index (κ1) is 16.4. The van der Waals surface area contributed by atoms with Gasteiger partial charge in [-0.15, -0.1) is 0 Å². The van der Waals surface area contributed by atoms with E-state index in [0.29, 0.717) is 0 Å². The number of hydrogen-bond acceptors (Lipinski definition) is 2. The third-order valence-electron chi connectivity index (χ3n) is 4.12. The minimum atomic E-state index is 0.188. The third-order valence-corrected chi connectivity index (χ3v) is 4.12. The molecule has 2 aromatic rings. The Balaban J connectivity index is 2.50. The summed E-state index contributed by atoms with van der Waals surface area (Å²) in [5.41, 5.74) is 4.47. The SMILES string of the molecule is CCCCc1cccc(-c2cc(O)ccc2O)c1CCCC. The van der Waals surface area contributed by atoms with Gasteiger partial charge < -0.3 is 10.2 Å². The van der Waals surface area contributed by atoms with E-state index in [-0.39, 0.29) is 11.5 Å². The molecule has 2 aromatic carbocycles. The molecule has 0 spiro atoms. The van der Waals surface area contributed by atoms with Crippen LogP contribution in [0.3, 0.4) is 0 Å². The van der Waals surface area contributed by atoms with Crippen molar-refractivity contribution < 1.29 is 10.2 Å². The average molecular weight is 298 g/mol. The van der Waals surface area contributed by atoms with E-state index < -0.39 is 0 Å². The molecule has 0 saturated carbocycles. The van der Waals surface area contributed by atoms with Crippen LogP contribution in [0.4, 0.5) is 0 Å². The van der Waals surface area contributed by atoms with Crippen LogP contribution in [0.5, 0.6) is 11.5 Å². The molecule has 0 heterocycles. The van der Waals surface area contributed by atoms with Crippen LogP contribution in [0.15, 0.2) is 36.4 Å². The van der Waals surface area contributed by atoms with Crippen molar-refractivity contribution in [2.45, 2.75) is 52.4 Å². The molecule has 0 bridgehead atoms. The molecule has 0 fully saturated rings. The molecule has 2 heteroatoms. The molecule has 118 valence electrons. The van der Waals surface area contributed by atoms with E-state index >= 15 is 0 Å². The predicted octanol–water partition coefficient (Wildman–Crippen LogP) is 5.45. The summed E-state index contributed by atoms with van der Waals surface area (Å²) in [6.45, 7) is 4.40. The standard InChI is InChI=1S/C20H26O2/c1-3-5-8-15-9-7-11-18(17(15)10-6-4-2)19-14-16(21)12-13-20(19)22/h7,9,11-14,21-22H,3-6,8,10H2,1-2H3. The second-order valence-corrected chi connectivity index (χ2v) is 5.85. The van der Waals surface area contributed by atoms with Gasteiger partial charge in [-0.2, -0.15) is 0 Å². The van der Waals surface area contributed by atoms with Gasteiger partial charge in [-0.25, -0.2) is 0 Å². The predicted molar refractivity (Wildman–Crippen MR) is 92.4 cm³/mol. The highest BCUT2D eigenvalue weighted by Gasteiger charge is 2.13. The van der Waals surface area contributed by atoms with E-state index in [2.05, 4.69) is 32.0 Å². The highest BCUT2D eigenvalue weighted by molar-refractivity contribution is 5.75. The Kier molecular flexibility index (Phi) is 5.88. The zero-order valence-electron chi connectivity index (χ0n) is 13.6. The van der Waals surface area contributed by atoms with E-state index in [4.69, 9.17) is 0 Å². The molecule has 2 nitrogen and oxygen atoms in total. The van der Waals surface area contributed by atoms with Crippen molar-refractivity contribution in [2.75, 3.05) is 0 Å². The molecule has 0 aromatic heterocycles. The van der Waals surface area contributed by atoms with E-state index in [1.54, 1.807) is 12.1 Å². The third kappa shape index (κ3) is 3.82. The number of phenolic OH excluding ortho intramolecular Hbond substituents is 2. The van der Waals surface area contributed by atoms with Crippen molar-refractivity contribution >= 4 is 0 Å². The van der Waals surface area contributed by atoms with Crippen molar-refractivity contribution in [3.05, 3.63) is 47.5 Å². The highest BCUT2D eigenvalue weighted by atomic mass is 16.3. The second-order valence-electron chi connectivity index (χ2n) is 5.85. The van der Waals surface area contributed by atoms with Crippen molar-refractivity contribution in [1.82, 2.24) is 0 Å². The maximum Gasteiger partial charge on any atom is 0.123 e. The van der Waals surface area contributed by atoms with Crippen LogP contribution in [0.2, 0.25) is 0 Å². The maximum atomic E-state index is 10.2. The summed E-state index contributed by atoms with van der Waals surface area (Å²) in [6.07, 6.45) is 6.72. The zero-order valence-corrected chi connectivity index (χ0v) is 13.6. The van der Waals surface area contributed by atoms with Gasteiger partial charge in [0.15, 0.2) is 0 Å². The minimum absolute atomic E-state index is 0.188. The quantitative estimate of drug-likeness (QED) is 0.667. The number of phenols is 2. The Hall–Kier alpha value is -1.96. The fraction of sp³-hybridized carbons (Fsp3) is 0.400. The van der Waals surface area contributed by atoms with E-state index in [9.17, 15) is 10.2 Å². The lowest BCUT2D eigenvalue weighted by atomic mass is 9.89. The molecular formula is C20H26O2. The van der Waals surface area contributed by atoms with Gasteiger partial charge in [0.2, 0.25) is 0 Å². The van der Waals surface area contributed by atoms with E-state index in [0.717, 1.165) is 36.8 Å². The summed E-state index contributed by atoms with van der Waals surface area (Å²) >= 11 is 0. The van der Waals surface area contributed by atoms with Gasteiger partial charge in [0.25, 0.3) is 0 Å². The smallest absolute Gasteiger partial charge is 0.123 e. The number of rotatable bonds is 7. The average Bonchev–Trinajstić information content (AvgIpc) is 2.53. The number of hydrogen-bond donors (Lipinski definition) is 2. The highest BCUT2D eigenvalue weighted by Crippen LogP contribution is 2.36. The van der Waals surface area contributed by atoms with Crippen molar-refractivity contribution in [3.8, 4) is 22.6 Å². The summed E-state index contributed by atoms with van der Waals surface area (Å²) in [5, 5.41) is 20.0. The number of aryl methyl sites for hydroxylation is 1. The number of aromatic hydroxyl groups is 2. The van der Waals surface area contributed by atoms with E-state index in [1.807, 2.05) is 0 Å². The topological polar surface area (TPSA) is 40.5 Å². The molecule has 2 rings (SSSR count). The largest absolute Gasteiger partial charge is 0.508 e. The minimum Gasteiger partial charge on any atom is -0.508 e. The lowest BCUT2D eigenvalue weighted by Crippen LogP contribution is -1.98. The first-order chi connectivity index (χ1) is 10.7. The Labute approximate surface area is 133 Å². The molecule has 2 N–H and O–H groups in total. The molecule has 0 radical (unpaired) electrons. The fourth-order valence-corrected chi connectivity index (χ4v) is 2.88. The molecule has 0 atom stereocenters. The van der Waals surface area contributed by atoms with E-state index in [1.165, 1.54) is 30.0 Å². The Morgan fingerprint density at radius 3 is 2.27 bits per heavy atom. The molecule has 0 saturated heterocycles. The van der Waals surface area contributed by atoms with Crippen molar-refractivity contribution in [2.24, 2.45) is 0 Å². The van der Waals surface area contributed by atoms with Crippen LogP contribution >= 0.6 is 0 Å². The number of benzene rings is 2. The van der Waals surface area contributed by atoms with Crippen molar-refractivity contribution in [3.63, 3.8) is 0 Å². The van der Waals surface area contributed by atoms with Crippen LogP contribution in [0.25, 0.3) is 11.1 Å². The molecule has 0 aliphatic rings. The van der Waals surface area contributed by atoms with Gasteiger partial charge >= 0.3 is 0 Å². The summed E-state index contributed by atoms with van der Waals surface area (Å²) in [5.74, 6) is 0.413. The van der Waals surface area contributed by atoms with Gasteiger partial charge in [-0.3, -0.25) is 0 Å². The molecule has 0 unspecified atom stereocenters. The molecule has 22 heavy (non-hydrogen) atoms. The van der Waals surface area contributed by atoms with Crippen LogP contribution in [0, 0.1) is 0 Å². The first-order valence-corrected chi connectivity index (χ1v) is 8.30. The van der Waals surface area contributed by atoms with Gasteiger partial charge in [0.05, 0.1) is 0 Å². The second kappa shape index (κ2) is 7.88. The molecule has 0 amide bonds. The van der Waals surface area contributed by atoms with Crippen molar-refractivity contribution in [1.29, 1.82) is 0 Å². The zero-order chi connectivity index (χ0) is 15.9. The van der Waals surface area contributed by atoms with Gasteiger partial charge in [0, 0.05) is 5.56 Å². The maximum absolute atomic E-state index is 10.2. The Morgan fingerprint density at radius 2 is 1.55 bits per heavy atom. The van der Waals surface area contributed by atoms with Gasteiger partial charge in [-0.05, 0) is 60.6 Å². The summed E-state index contributed by atoms with van der Waals surface area (Å²) in [6, 6.07) is 11.0. The lowest BCUT2D eigenvalue weighted by Gasteiger charge is -2.16. The molecule has 0 aliphatic heterocycles. The van der Waals surface area contributed by atoms with Gasteiger partial charge in [-0.1, -0.05) is 44.9 Å². The molecular weight excluding hydrogens is 272 g/mol. The van der Waals surface area contributed by atoms with Gasteiger partial charge in [0.1, 0.15) is 11.5 Å². The lowest BCUT2D eigenvalue weighted by molar-refractivity contribution is 0.462. The normalized spacial score (nSPS) is 10.8. The summed E-state index contributed by atoms with van der Waals surface area (Å²) < 4.78 is 0. The summed E-state index contributed by atoms with van der Waals surface area (Å²) in [4.78, 5) is 0. The molecule has 0 aliphatic carbocycles. The Bertz CT molecular complexity index is 617.